The number of aliphatic hydroxyl groups is 5. The third-order valence-corrected chi connectivity index (χ3v) is 5.16. The number of carbonyl (C=O) groups excluding carboxylic acids is 1. The van der Waals surface area contributed by atoms with Crippen LogP contribution in [-0.4, -0.2) is 91.6 Å². The van der Waals surface area contributed by atoms with E-state index in [-0.39, 0.29) is 12.6 Å². The van der Waals surface area contributed by atoms with Crippen LogP contribution in [0.3, 0.4) is 0 Å². The third kappa shape index (κ3) is 6.44. The lowest BCUT2D eigenvalue weighted by Crippen LogP contribution is -2.68. The Hall–Kier alpha value is -0.770. The van der Waals surface area contributed by atoms with Gasteiger partial charge in [0.1, 0.15) is 24.5 Å². The Morgan fingerprint density at radius 2 is 1.50 bits per heavy atom. The van der Waals surface area contributed by atoms with Crippen molar-refractivity contribution in [1.82, 2.24) is 9.80 Å². The van der Waals surface area contributed by atoms with E-state index >= 15 is 0 Å². The van der Waals surface area contributed by atoms with E-state index in [0.29, 0.717) is 6.54 Å². The predicted octanol–water partition coefficient (Wildman–Crippen LogP) is -0.379. The van der Waals surface area contributed by atoms with Gasteiger partial charge >= 0.3 is 0 Å². The summed E-state index contributed by atoms with van der Waals surface area (Å²) in [6.07, 6.45) is 1.79. The number of rotatable bonds is 11. The molecule has 0 aromatic carbocycles. The van der Waals surface area contributed by atoms with E-state index in [1.807, 2.05) is 0 Å². The largest absolute Gasteiger partial charge is 0.395 e. The van der Waals surface area contributed by atoms with Gasteiger partial charge in [-0.25, -0.2) is 0 Å². The highest BCUT2D eigenvalue weighted by atomic mass is 16.4. The molecular weight excluding hydrogens is 340 g/mol. The Kier molecular flexibility index (Phi) is 10.6. The van der Waals surface area contributed by atoms with E-state index in [1.165, 1.54) is 42.4 Å². The summed E-state index contributed by atoms with van der Waals surface area (Å²) in [5, 5.41) is 49.4. The Labute approximate surface area is 156 Å². The van der Waals surface area contributed by atoms with Crippen molar-refractivity contribution in [3.05, 3.63) is 0 Å². The first-order valence-electron chi connectivity index (χ1n) is 9.69. The summed E-state index contributed by atoms with van der Waals surface area (Å²) < 4.78 is 0. The van der Waals surface area contributed by atoms with Gasteiger partial charge in [-0.15, -0.1) is 0 Å². The maximum atomic E-state index is 11.9. The number of unbranched alkanes of at least 4 members (excludes halogenated alkanes) is 6. The zero-order valence-electron chi connectivity index (χ0n) is 16.0. The van der Waals surface area contributed by atoms with E-state index in [1.54, 1.807) is 0 Å². The molecule has 0 aromatic rings. The van der Waals surface area contributed by atoms with E-state index in [0.717, 1.165) is 19.3 Å². The minimum atomic E-state index is -1.57. The molecule has 5 atom stereocenters. The van der Waals surface area contributed by atoms with Crippen LogP contribution in [0.15, 0.2) is 0 Å². The Morgan fingerprint density at radius 3 is 2.04 bits per heavy atom. The normalized spacial score (nSPS) is 29.7. The third-order valence-electron chi connectivity index (χ3n) is 5.16. The fourth-order valence-electron chi connectivity index (χ4n) is 3.38. The Balaban J connectivity index is 2.57. The number of amides is 1. The summed E-state index contributed by atoms with van der Waals surface area (Å²) in [6.45, 7) is 3.56. The van der Waals surface area contributed by atoms with Crippen molar-refractivity contribution in [1.29, 1.82) is 0 Å². The SMILES string of the molecule is CCCCCCCCCN(CN1C(O)[C@H](O)[C@@H](O)[C@H](O)[C@H]1CO)C(C)=O. The zero-order valence-corrected chi connectivity index (χ0v) is 16.0. The van der Waals surface area contributed by atoms with Gasteiger partial charge in [0.2, 0.25) is 5.91 Å². The first-order chi connectivity index (χ1) is 12.3. The molecule has 0 aromatic heterocycles. The Morgan fingerprint density at radius 1 is 0.923 bits per heavy atom. The van der Waals surface area contributed by atoms with E-state index in [2.05, 4.69) is 6.92 Å². The summed E-state index contributed by atoms with van der Waals surface area (Å²) >= 11 is 0. The summed E-state index contributed by atoms with van der Waals surface area (Å²) in [7, 11) is 0. The van der Waals surface area contributed by atoms with Gasteiger partial charge in [-0.05, 0) is 6.42 Å². The molecular formula is C18H36N2O6. The fourth-order valence-corrected chi connectivity index (χ4v) is 3.38. The summed E-state index contributed by atoms with van der Waals surface area (Å²) in [4.78, 5) is 14.7. The van der Waals surface area contributed by atoms with Gasteiger partial charge in [0.25, 0.3) is 0 Å². The van der Waals surface area contributed by atoms with Crippen LogP contribution in [-0.2, 0) is 4.79 Å². The predicted molar refractivity (Wildman–Crippen MR) is 97.0 cm³/mol. The summed E-state index contributed by atoms with van der Waals surface area (Å²) in [5.74, 6) is -0.185. The number of piperidine rings is 1. The average Bonchev–Trinajstić information content (AvgIpc) is 2.62. The zero-order chi connectivity index (χ0) is 19.7. The maximum absolute atomic E-state index is 11.9. The molecule has 1 fully saturated rings. The first-order valence-corrected chi connectivity index (χ1v) is 9.69. The number of aliphatic hydroxyl groups excluding tert-OH is 5. The van der Waals surface area contributed by atoms with Crippen molar-refractivity contribution in [2.45, 2.75) is 89.4 Å². The molecule has 5 N–H and O–H groups in total. The highest BCUT2D eigenvalue weighted by molar-refractivity contribution is 5.73. The molecule has 26 heavy (non-hydrogen) atoms. The lowest BCUT2D eigenvalue weighted by Gasteiger charge is -2.47. The number of hydrogen-bond donors (Lipinski definition) is 5. The van der Waals surface area contributed by atoms with Crippen molar-refractivity contribution >= 4 is 5.91 Å². The molecule has 8 nitrogen and oxygen atoms in total. The molecule has 0 aliphatic carbocycles. The number of hydrogen-bond acceptors (Lipinski definition) is 7. The molecule has 0 bridgehead atoms. The van der Waals surface area contributed by atoms with Crippen LogP contribution in [0.4, 0.5) is 0 Å². The second-order valence-corrected chi connectivity index (χ2v) is 7.19. The van der Waals surface area contributed by atoms with Crippen LogP contribution in [0, 0.1) is 0 Å². The van der Waals surface area contributed by atoms with Crippen LogP contribution < -0.4 is 0 Å². The van der Waals surface area contributed by atoms with Crippen molar-refractivity contribution in [3.63, 3.8) is 0 Å². The van der Waals surface area contributed by atoms with Crippen LogP contribution in [0.2, 0.25) is 0 Å². The molecule has 1 aliphatic heterocycles. The van der Waals surface area contributed by atoms with Crippen LogP contribution in [0.5, 0.6) is 0 Å². The number of carbonyl (C=O) groups is 1. The second kappa shape index (κ2) is 11.8. The van der Waals surface area contributed by atoms with Gasteiger partial charge in [-0.3, -0.25) is 9.69 Å². The monoisotopic (exact) mass is 376 g/mol. The summed E-state index contributed by atoms with van der Waals surface area (Å²) in [6, 6.07) is -0.959. The summed E-state index contributed by atoms with van der Waals surface area (Å²) in [5.41, 5.74) is 0. The van der Waals surface area contributed by atoms with Crippen LogP contribution >= 0.6 is 0 Å². The second-order valence-electron chi connectivity index (χ2n) is 7.19. The minimum absolute atomic E-state index is 0.0294. The average molecular weight is 376 g/mol. The van der Waals surface area contributed by atoms with Crippen molar-refractivity contribution in [3.8, 4) is 0 Å². The van der Waals surface area contributed by atoms with Gasteiger partial charge in [0.15, 0.2) is 0 Å². The van der Waals surface area contributed by atoms with Crippen molar-refractivity contribution < 1.29 is 30.3 Å². The highest BCUT2D eigenvalue weighted by Crippen LogP contribution is 2.23. The first kappa shape index (κ1) is 23.3. The smallest absolute Gasteiger partial charge is 0.220 e. The van der Waals surface area contributed by atoms with Gasteiger partial charge in [0.05, 0.1) is 19.3 Å². The molecule has 0 saturated carbocycles. The Bertz CT molecular complexity index is 411. The van der Waals surface area contributed by atoms with Gasteiger partial charge in [-0.2, -0.15) is 0 Å². The molecule has 1 amide bonds. The van der Waals surface area contributed by atoms with Gasteiger partial charge in [0, 0.05) is 13.5 Å². The molecule has 1 heterocycles. The van der Waals surface area contributed by atoms with Crippen molar-refractivity contribution in [2.75, 3.05) is 19.8 Å². The van der Waals surface area contributed by atoms with Gasteiger partial charge in [-0.1, -0.05) is 45.4 Å². The molecule has 0 spiro atoms. The van der Waals surface area contributed by atoms with E-state index in [4.69, 9.17) is 0 Å². The number of nitrogens with zero attached hydrogens (tertiary/aromatic N) is 2. The minimum Gasteiger partial charge on any atom is -0.395 e. The molecule has 154 valence electrons. The number of likely N-dealkylation sites (tertiary alicyclic amines) is 1. The molecule has 0 radical (unpaired) electrons. The lowest BCUT2D eigenvalue weighted by molar-refractivity contribution is -0.230. The topological polar surface area (TPSA) is 125 Å². The molecule has 1 unspecified atom stereocenters. The van der Waals surface area contributed by atoms with Gasteiger partial charge < -0.3 is 30.4 Å². The van der Waals surface area contributed by atoms with Crippen LogP contribution in [0.25, 0.3) is 0 Å². The maximum Gasteiger partial charge on any atom is 0.220 e. The van der Waals surface area contributed by atoms with E-state index in [9.17, 15) is 30.3 Å². The molecule has 1 rings (SSSR count). The molecule has 8 heteroatoms. The van der Waals surface area contributed by atoms with Crippen molar-refractivity contribution in [2.24, 2.45) is 0 Å². The standard InChI is InChI=1S/C18H36N2O6/c1-3-4-5-6-7-8-9-10-19(13(2)22)12-20-14(11-21)15(23)16(24)17(25)18(20)26/h14-18,21,23-26H,3-12H2,1-2H3/t14-,15-,16+,17-,18?/m1/s1. The lowest BCUT2D eigenvalue weighted by atomic mass is 9.93. The fraction of sp³-hybridized carbons (Fsp3) is 0.944. The molecule has 1 aliphatic rings. The quantitative estimate of drug-likeness (QED) is 0.311. The molecule has 1 saturated heterocycles. The van der Waals surface area contributed by atoms with Crippen LogP contribution in [0.1, 0.15) is 58.8 Å². The highest BCUT2D eigenvalue weighted by Gasteiger charge is 2.47. The van der Waals surface area contributed by atoms with E-state index < -0.39 is 37.2 Å².